The van der Waals surface area contributed by atoms with Gasteiger partial charge in [0.15, 0.2) is 5.65 Å². The molecule has 9 nitrogen and oxygen atoms in total. The van der Waals surface area contributed by atoms with E-state index >= 15 is 0 Å². The number of fused-ring (bicyclic) bond motifs is 3. The average molecular weight is 416 g/mol. The average Bonchev–Trinajstić information content (AvgIpc) is 3.56. The van der Waals surface area contributed by atoms with Crippen molar-refractivity contribution < 1.29 is 0 Å². The van der Waals surface area contributed by atoms with Crippen molar-refractivity contribution in [3.05, 3.63) is 47.1 Å². The Morgan fingerprint density at radius 3 is 2.52 bits per heavy atom. The number of anilines is 3. The summed E-state index contributed by atoms with van der Waals surface area (Å²) < 4.78 is 3.48. The van der Waals surface area contributed by atoms with Crippen LogP contribution >= 0.6 is 0 Å². The summed E-state index contributed by atoms with van der Waals surface area (Å²) in [6.07, 6.45) is 10.00. The van der Waals surface area contributed by atoms with Crippen LogP contribution in [0.4, 0.5) is 17.3 Å². The van der Waals surface area contributed by atoms with Gasteiger partial charge in [-0.25, -0.2) is 4.98 Å². The van der Waals surface area contributed by atoms with Crippen LogP contribution in [0, 0.1) is 0 Å². The lowest BCUT2D eigenvalue weighted by molar-refractivity contribution is 0.515. The molecular weight excluding hydrogens is 392 g/mol. The smallest absolute Gasteiger partial charge is 0.298 e. The van der Waals surface area contributed by atoms with E-state index in [4.69, 9.17) is 4.98 Å². The van der Waals surface area contributed by atoms with E-state index in [9.17, 15) is 4.79 Å². The van der Waals surface area contributed by atoms with Gasteiger partial charge in [0.05, 0.1) is 6.20 Å². The molecule has 0 radical (unpaired) electrons. The van der Waals surface area contributed by atoms with E-state index in [-0.39, 0.29) is 11.6 Å². The van der Waals surface area contributed by atoms with Crippen LogP contribution in [0.3, 0.4) is 0 Å². The molecule has 31 heavy (non-hydrogen) atoms. The van der Waals surface area contributed by atoms with Crippen LogP contribution in [-0.4, -0.2) is 42.2 Å². The minimum absolute atomic E-state index is 0.138. The Labute approximate surface area is 178 Å². The molecule has 0 amide bonds. The van der Waals surface area contributed by atoms with Crippen LogP contribution in [0.5, 0.6) is 0 Å². The maximum Gasteiger partial charge on any atom is 0.298 e. The number of hydrogen-bond donors (Lipinski definition) is 1. The third kappa shape index (κ3) is 3.11. The van der Waals surface area contributed by atoms with Gasteiger partial charge in [0, 0.05) is 30.5 Å². The van der Waals surface area contributed by atoms with Crippen molar-refractivity contribution in [1.82, 2.24) is 29.1 Å². The third-order valence-corrected chi connectivity index (χ3v) is 6.48. The van der Waals surface area contributed by atoms with Crippen molar-refractivity contribution in [1.29, 1.82) is 0 Å². The second-order valence-electron chi connectivity index (χ2n) is 8.41. The summed E-state index contributed by atoms with van der Waals surface area (Å²) in [7, 11) is 0. The lowest BCUT2D eigenvalue weighted by Gasteiger charge is -2.18. The molecule has 1 aliphatic heterocycles. The molecule has 4 heterocycles. The number of nitrogens with zero attached hydrogens (tertiary/aromatic N) is 7. The van der Waals surface area contributed by atoms with Crippen molar-refractivity contribution in [2.24, 2.45) is 0 Å². The molecule has 1 N–H and O–H groups in total. The van der Waals surface area contributed by atoms with E-state index in [0.29, 0.717) is 17.2 Å². The summed E-state index contributed by atoms with van der Waals surface area (Å²) in [5, 5.41) is 11.3. The molecule has 158 valence electrons. The molecule has 6 rings (SSSR count). The quantitative estimate of drug-likeness (QED) is 0.546. The fourth-order valence-electron chi connectivity index (χ4n) is 4.90. The van der Waals surface area contributed by atoms with E-state index in [1.807, 2.05) is 12.1 Å². The number of hydrogen-bond acceptors (Lipinski definition) is 7. The topological polar surface area (TPSA) is 93.2 Å². The molecule has 3 aromatic heterocycles. The van der Waals surface area contributed by atoms with Crippen LogP contribution in [0.25, 0.3) is 16.8 Å². The Morgan fingerprint density at radius 2 is 1.74 bits per heavy atom. The first-order valence-electron chi connectivity index (χ1n) is 11.0. The van der Waals surface area contributed by atoms with Crippen molar-refractivity contribution in [2.45, 2.75) is 44.6 Å². The highest BCUT2D eigenvalue weighted by Gasteiger charge is 2.24. The molecule has 9 heteroatoms. The largest absolute Gasteiger partial charge is 0.372 e. The Kier molecular flexibility index (Phi) is 4.33. The SMILES string of the molecule is O=c1c2nncn2c2cnc(Nc3ccc(N4CCCC4)cc3)nc2n1C1CCCC1. The normalized spacial score (nSPS) is 17.2. The maximum atomic E-state index is 13.2. The zero-order valence-corrected chi connectivity index (χ0v) is 17.2. The zero-order chi connectivity index (χ0) is 20.8. The van der Waals surface area contributed by atoms with Crippen LogP contribution in [0.2, 0.25) is 0 Å². The minimum atomic E-state index is -0.142. The molecular formula is C22H24N8O. The first-order valence-corrected chi connectivity index (χ1v) is 11.0. The third-order valence-electron chi connectivity index (χ3n) is 6.48. The van der Waals surface area contributed by atoms with Crippen LogP contribution in [0.15, 0.2) is 41.6 Å². The second kappa shape index (κ2) is 7.33. The molecule has 0 bridgehead atoms. The minimum Gasteiger partial charge on any atom is -0.372 e. The van der Waals surface area contributed by atoms with E-state index in [1.165, 1.54) is 18.5 Å². The summed E-state index contributed by atoms with van der Waals surface area (Å²) in [5.74, 6) is 0.472. The van der Waals surface area contributed by atoms with Gasteiger partial charge >= 0.3 is 0 Å². The molecule has 0 atom stereocenters. The van der Waals surface area contributed by atoms with Crippen LogP contribution in [0.1, 0.15) is 44.6 Å². The van der Waals surface area contributed by atoms with Crippen molar-refractivity contribution in [2.75, 3.05) is 23.3 Å². The van der Waals surface area contributed by atoms with Crippen LogP contribution < -0.4 is 15.8 Å². The molecule has 1 aliphatic carbocycles. The van der Waals surface area contributed by atoms with E-state index < -0.39 is 0 Å². The first-order chi connectivity index (χ1) is 15.3. The highest BCUT2D eigenvalue weighted by Crippen LogP contribution is 2.31. The lowest BCUT2D eigenvalue weighted by Crippen LogP contribution is -2.27. The van der Waals surface area contributed by atoms with Crippen LogP contribution in [-0.2, 0) is 0 Å². The van der Waals surface area contributed by atoms with E-state index in [0.717, 1.165) is 50.0 Å². The Morgan fingerprint density at radius 1 is 0.968 bits per heavy atom. The Bertz CT molecular complexity index is 1300. The van der Waals surface area contributed by atoms with E-state index in [1.54, 1.807) is 21.5 Å². The molecule has 2 aliphatic rings. The van der Waals surface area contributed by atoms with Gasteiger partial charge in [-0.1, -0.05) is 12.8 Å². The highest BCUT2D eigenvalue weighted by molar-refractivity contribution is 5.75. The zero-order valence-electron chi connectivity index (χ0n) is 17.2. The fraction of sp³-hybridized carbons (Fsp3) is 0.409. The van der Waals surface area contributed by atoms with Gasteiger partial charge in [0.1, 0.15) is 11.8 Å². The van der Waals surface area contributed by atoms with Gasteiger partial charge < -0.3 is 10.2 Å². The highest BCUT2D eigenvalue weighted by atomic mass is 16.1. The van der Waals surface area contributed by atoms with Crippen molar-refractivity contribution in [3.63, 3.8) is 0 Å². The standard InChI is InChI=1S/C22H24N8O/c31-21-20-27-24-14-29(20)18-13-23-22(26-19(18)30(21)17-5-1-2-6-17)25-15-7-9-16(10-8-15)28-11-3-4-12-28/h7-10,13-14,17H,1-6,11-12H2,(H,23,25,26). The Hall–Kier alpha value is -3.49. The number of nitrogens with one attached hydrogen (secondary N) is 1. The van der Waals surface area contributed by atoms with Gasteiger partial charge in [0.25, 0.3) is 5.56 Å². The number of aromatic nitrogens is 6. The van der Waals surface area contributed by atoms with Crippen molar-refractivity contribution in [3.8, 4) is 0 Å². The first kappa shape index (κ1) is 18.3. The molecule has 2 fully saturated rings. The molecule has 1 saturated carbocycles. The predicted molar refractivity (Wildman–Crippen MR) is 119 cm³/mol. The lowest BCUT2D eigenvalue weighted by atomic mass is 10.2. The van der Waals surface area contributed by atoms with Gasteiger partial charge in [-0.15, -0.1) is 10.2 Å². The van der Waals surface area contributed by atoms with Gasteiger partial charge in [-0.3, -0.25) is 13.8 Å². The van der Waals surface area contributed by atoms with Gasteiger partial charge in [-0.2, -0.15) is 4.98 Å². The second-order valence-corrected chi connectivity index (χ2v) is 8.41. The van der Waals surface area contributed by atoms with Gasteiger partial charge in [0.2, 0.25) is 11.6 Å². The van der Waals surface area contributed by atoms with Crippen molar-refractivity contribution >= 4 is 34.1 Å². The summed E-state index contributed by atoms with van der Waals surface area (Å²) in [4.78, 5) is 24.8. The molecule has 0 spiro atoms. The maximum absolute atomic E-state index is 13.2. The Balaban J connectivity index is 1.40. The summed E-state index contributed by atoms with van der Waals surface area (Å²) >= 11 is 0. The number of benzene rings is 1. The summed E-state index contributed by atoms with van der Waals surface area (Å²) in [6, 6.07) is 8.50. The molecule has 0 unspecified atom stereocenters. The molecule has 4 aromatic rings. The molecule has 1 aromatic carbocycles. The van der Waals surface area contributed by atoms with E-state index in [2.05, 4.69) is 37.5 Å². The summed E-state index contributed by atoms with van der Waals surface area (Å²) in [6.45, 7) is 2.24. The molecule has 1 saturated heterocycles. The fourth-order valence-corrected chi connectivity index (χ4v) is 4.90. The monoisotopic (exact) mass is 416 g/mol. The summed E-state index contributed by atoms with van der Waals surface area (Å²) in [5.41, 5.74) is 3.70. The van der Waals surface area contributed by atoms with Gasteiger partial charge in [-0.05, 0) is 49.9 Å². The predicted octanol–water partition coefficient (Wildman–Crippen LogP) is 3.29. The number of rotatable bonds is 4.